The van der Waals surface area contributed by atoms with Crippen molar-refractivity contribution in [1.82, 2.24) is 14.9 Å². The molecule has 1 saturated heterocycles. The predicted molar refractivity (Wildman–Crippen MR) is 133 cm³/mol. The number of nitrogens with one attached hydrogen (secondary N) is 1. The third kappa shape index (κ3) is 4.31. The highest BCUT2D eigenvalue weighted by Gasteiger charge is 2.37. The minimum atomic E-state index is -0.970. The van der Waals surface area contributed by atoms with Crippen molar-refractivity contribution in [3.63, 3.8) is 0 Å². The van der Waals surface area contributed by atoms with Gasteiger partial charge in [0.25, 0.3) is 0 Å². The molecule has 4 heterocycles. The van der Waals surface area contributed by atoms with Crippen molar-refractivity contribution in [2.45, 2.75) is 20.0 Å². The zero-order valence-corrected chi connectivity index (χ0v) is 21.1. The van der Waals surface area contributed by atoms with Crippen LogP contribution in [0.1, 0.15) is 18.2 Å². The normalized spacial score (nSPS) is 16.2. The molecule has 0 radical (unpaired) electrons. The van der Waals surface area contributed by atoms with Crippen molar-refractivity contribution in [1.29, 1.82) is 0 Å². The number of amides is 2. The van der Waals surface area contributed by atoms with E-state index < -0.39 is 23.4 Å². The van der Waals surface area contributed by atoms with Gasteiger partial charge in [0.2, 0.25) is 0 Å². The molecule has 3 aromatic rings. The SMILES string of the molecule is CCN1C(=O)N(c2c(F)c(OC)cc(OC)c2F)Cc2cnc3[nH]c(CN4CCOCC4)cc3c21.Cl. The van der Waals surface area contributed by atoms with E-state index in [4.69, 9.17) is 14.2 Å². The number of aromatic nitrogens is 2. The number of nitrogens with zero attached hydrogens (tertiary/aromatic N) is 4. The number of aromatic amines is 1. The number of H-pyrrole nitrogens is 1. The lowest BCUT2D eigenvalue weighted by molar-refractivity contribution is 0.0337. The van der Waals surface area contributed by atoms with Gasteiger partial charge < -0.3 is 19.2 Å². The number of carbonyl (C=O) groups is 1. The Bertz CT molecular complexity index is 1250. The fourth-order valence-electron chi connectivity index (χ4n) is 4.73. The molecular weight excluding hydrogens is 496 g/mol. The molecule has 0 unspecified atom stereocenters. The molecule has 0 bridgehead atoms. The number of anilines is 2. The maximum absolute atomic E-state index is 15.2. The second-order valence-corrected chi connectivity index (χ2v) is 8.45. The molecule has 2 aromatic heterocycles. The van der Waals surface area contributed by atoms with E-state index in [9.17, 15) is 4.79 Å². The second kappa shape index (κ2) is 10.5. The summed E-state index contributed by atoms with van der Waals surface area (Å²) in [6.45, 7) is 5.86. The van der Waals surface area contributed by atoms with Crippen LogP contribution >= 0.6 is 12.4 Å². The highest BCUT2D eigenvalue weighted by atomic mass is 35.5. The molecule has 0 spiro atoms. The fraction of sp³-hybridized carbons (Fsp3) is 0.417. The minimum Gasteiger partial charge on any atom is -0.493 e. The van der Waals surface area contributed by atoms with Crippen molar-refractivity contribution in [3.8, 4) is 11.5 Å². The Balaban J connectivity index is 0.00000304. The highest BCUT2D eigenvalue weighted by molar-refractivity contribution is 6.11. The molecule has 5 rings (SSSR count). The van der Waals surface area contributed by atoms with Crippen LogP contribution in [0, 0.1) is 11.6 Å². The first kappa shape index (κ1) is 25.9. The standard InChI is InChI=1S/C24H27F2N5O4.ClH/c1-4-30-21-14(11-27-23-16(21)9-15(28-23)13-29-5-7-35-8-6-29)12-31(24(30)32)22-19(25)17(33-2)10-18(34-3)20(22)26;/h9-11H,4-8,12-13H2,1-3H3,(H,27,28);1H. The van der Waals surface area contributed by atoms with E-state index in [2.05, 4.69) is 14.9 Å². The Morgan fingerprint density at radius 1 is 1.08 bits per heavy atom. The summed E-state index contributed by atoms with van der Waals surface area (Å²) in [4.78, 5) is 26.3. The average molecular weight is 524 g/mol. The summed E-state index contributed by atoms with van der Waals surface area (Å²) < 4.78 is 46.0. The van der Waals surface area contributed by atoms with E-state index in [0.29, 0.717) is 43.2 Å². The summed E-state index contributed by atoms with van der Waals surface area (Å²) in [5.41, 5.74) is 2.49. The molecule has 36 heavy (non-hydrogen) atoms. The maximum Gasteiger partial charge on any atom is 0.329 e. The van der Waals surface area contributed by atoms with Crippen LogP contribution in [0.15, 0.2) is 18.3 Å². The van der Waals surface area contributed by atoms with E-state index in [1.54, 1.807) is 6.20 Å². The van der Waals surface area contributed by atoms with E-state index in [0.717, 1.165) is 35.1 Å². The molecule has 0 atom stereocenters. The van der Waals surface area contributed by atoms with Crippen LogP contribution in [0.2, 0.25) is 0 Å². The van der Waals surface area contributed by atoms with Gasteiger partial charge in [0.1, 0.15) is 11.3 Å². The number of fused-ring (bicyclic) bond motifs is 3. The van der Waals surface area contributed by atoms with Gasteiger partial charge in [0.05, 0.1) is 39.7 Å². The zero-order valence-electron chi connectivity index (χ0n) is 20.3. The van der Waals surface area contributed by atoms with Gasteiger partial charge in [-0.2, -0.15) is 0 Å². The van der Waals surface area contributed by atoms with Crippen molar-refractivity contribution < 1.29 is 27.8 Å². The Morgan fingerprint density at radius 2 is 1.75 bits per heavy atom. The highest BCUT2D eigenvalue weighted by Crippen LogP contribution is 2.42. The van der Waals surface area contributed by atoms with Crippen LogP contribution < -0.4 is 19.3 Å². The average Bonchev–Trinajstić information content (AvgIpc) is 3.28. The number of ether oxygens (including phenoxy) is 3. The van der Waals surface area contributed by atoms with Crippen molar-refractivity contribution in [3.05, 3.63) is 41.2 Å². The van der Waals surface area contributed by atoms with E-state index in [1.165, 1.54) is 19.1 Å². The number of hydrogen-bond acceptors (Lipinski definition) is 6. The van der Waals surface area contributed by atoms with Gasteiger partial charge in [-0.3, -0.25) is 14.7 Å². The first-order chi connectivity index (χ1) is 17.0. The quantitative estimate of drug-likeness (QED) is 0.524. The Kier molecular flexibility index (Phi) is 7.53. The van der Waals surface area contributed by atoms with Crippen molar-refractivity contribution >= 4 is 40.8 Å². The van der Waals surface area contributed by atoms with Gasteiger partial charge in [0.15, 0.2) is 23.1 Å². The molecule has 1 N–H and O–H groups in total. The number of halogens is 3. The monoisotopic (exact) mass is 523 g/mol. The first-order valence-corrected chi connectivity index (χ1v) is 11.4. The summed E-state index contributed by atoms with van der Waals surface area (Å²) in [7, 11) is 2.54. The van der Waals surface area contributed by atoms with Gasteiger partial charge in [0, 0.05) is 55.1 Å². The summed E-state index contributed by atoms with van der Waals surface area (Å²) in [5, 5.41) is 0.796. The molecule has 12 heteroatoms. The van der Waals surface area contributed by atoms with Gasteiger partial charge in [-0.05, 0) is 13.0 Å². The summed E-state index contributed by atoms with van der Waals surface area (Å²) >= 11 is 0. The van der Waals surface area contributed by atoms with Crippen molar-refractivity contribution in [2.24, 2.45) is 0 Å². The molecule has 0 aliphatic carbocycles. The molecule has 9 nitrogen and oxygen atoms in total. The van der Waals surface area contributed by atoms with Crippen LogP contribution in [0.25, 0.3) is 11.0 Å². The van der Waals surface area contributed by atoms with Gasteiger partial charge in [-0.1, -0.05) is 0 Å². The number of methoxy groups -OCH3 is 2. The Labute approximate surface area is 213 Å². The third-order valence-corrected chi connectivity index (χ3v) is 6.46. The van der Waals surface area contributed by atoms with Crippen LogP contribution in [-0.4, -0.2) is 68.0 Å². The predicted octanol–water partition coefficient (Wildman–Crippen LogP) is 4.08. The number of benzene rings is 1. The Hall–Kier alpha value is -3.15. The van der Waals surface area contributed by atoms with Crippen LogP contribution in [0.4, 0.5) is 25.0 Å². The number of morpholine rings is 1. The van der Waals surface area contributed by atoms with Crippen molar-refractivity contribution in [2.75, 3.05) is 56.9 Å². The number of urea groups is 1. The minimum absolute atomic E-state index is 0. The molecule has 2 amide bonds. The van der Waals surface area contributed by atoms with Crippen LogP contribution in [0.5, 0.6) is 11.5 Å². The largest absolute Gasteiger partial charge is 0.493 e. The first-order valence-electron chi connectivity index (χ1n) is 11.4. The molecule has 1 fully saturated rings. The molecule has 1 aromatic carbocycles. The second-order valence-electron chi connectivity index (χ2n) is 8.45. The number of hydrogen-bond donors (Lipinski definition) is 1. The van der Waals surface area contributed by atoms with E-state index in [1.807, 2.05) is 13.0 Å². The van der Waals surface area contributed by atoms with Gasteiger partial charge >= 0.3 is 6.03 Å². The number of carbonyl (C=O) groups excluding carboxylic acids is 1. The summed E-state index contributed by atoms with van der Waals surface area (Å²) in [6.07, 6.45) is 1.64. The van der Waals surface area contributed by atoms with Gasteiger partial charge in [-0.25, -0.2) is 18.6 Å². The number of rotatable bonds is 6. The molecule has 2 aliphatic rings. The summed E-state index contributed by atoms with van der Waals surface area (Å²) in [6, 6.07) is 2.57. The topological polar surface area (TPSA) is 83.2 Å². The lowest BCUT2D eigenvalue weighted by atomic mass is 10.1. The number of pyridine rings is 1. The van der Waals surface area contributed by atoms with Gasteiger partial charge in [-0.15, -0.1) is 12.4 Å². The van der Waals surface area contributed by atoms with E-state index >= 15 is 8.78 Å². The third-order valence-electron chi connectivity index (χ3n) is 6.46. The fourth-order valence-corrected chi connectivity index (χ4v) is 4.73. The summed E-state index contributed by atoms with van der Waals surface area (Å²) in [5.74, 6) is -2.37. The molecule has 194 valence electrons. The lowest BCUT2D eigenvalue weighted by Crippen LogP contribution is -2.48. The molecular formula is C24H28ClF2N5O4. The molecule has 2 aliphatic heterocycles. The zero-order chi connectivity index (χ0) is 24.7. The lowest BCUT2D eigenvalue weighted by Gasteiger charge is -2.37. The Morgan fingerprint density at radius 3 is 2.36 bits per heavy atom. The van der Waals surface area contributed by atoms with E-state index in [-0.39, 0.29) is 30.5 Å². The molecule has 0 saturated carbocycles. The smallest absolute Gasteiger partial charge is 0.329 e. The van der Waals surface area contributed by atoms with Crippen LogP contribution in [0.3, 0.4) is 0 Å². The maximum atomic E-state index is 15.2. The van der Waals surface area contributed by atoms with Crippen LogP contribution in [-0.2, 0) is 17.8 Å².